The Bertz CT molecular complexity index is 459. The molecule has 0 aromatic carbocycles. The summed E-state index contributed by atoms with van der Waals surface area (Å²) in [5.41, 5.74) is 0. The second kappa shape index (κ2) is 4.61. The molecule has 0 spiro atoms. The number of rotatable bonds is 5. The number of aromatic amines is 1. The van der Waals surface area contributed by atoms with Gasteiger partial charge >= 0.3 is 6.01 Å². The van der Waals surface area contributed by atoms with Crippen molar-refractivity contribution in [2.75, 3.05) is 17.1 Å². The molecule has 8 nitrogen and oxygen atoms in total. The number of H-pyrrole nitrogens is 1. The zero-order valence-corrected chi connectivity index (χ0v) is 8.71. The van der Waals surface area contributed by atoms with Crippen molar-refractivity contribution in [1.82, 2.24) is 15.2 Å². The SMILES string of the molecule is CCOc1n[nH]c(NS(=O)(=O)CC#N)n1. The van der Waals surface area contributed by atoms with Gasteiger partial charge in [-0.3, -0.25) is 4.72 Å². The normalized spacial score (nSPS) is 10.7. The number of anilines is 1. The third-order valence-electron chi connectivity index (χ3n) is 1.25. The Morgan fingerprint density at radius 3 is 3.00 bits per heavy atom. The van der Waals surface area contributed by atoms with Gasteiger partial charge in [-0.2, -0.15) is 10.2 Å². The zero-order chi connectivity index (χ0) is 11.3. The van der Waals surface area contributed by atoms with Gasteiger partial charge in [0.2, 0.25) is 16.0 Å². The van der Waals surface area contributed by atoms with E-state index in [4.69, 9.17) is 10.00 Å². The van der Waals surface area contributed by atoms with E-state index in [2.05, 4.69) is 15.2 Å². The molecule has 0 saturated heterocycles. The van der Waals surface area contributed by atoms with Crippen LogP contribution in [0.4, 0.5) is 5.95 Å². The fraction of sp³-hybridized carbons (Fsp3) is 0.500. The molecule has 82 valence electrons. The van der Waals surface area contributed by atoms with Crippen molar-refractivity contribution in [2.45, 2.75) is 6.92 Å². The molecular weight excluding hydrogens is 222 g/mol. The van der Waals surface area contributed by atoms with Gasteiger partial charge in [0, 0.05) is 0 Å². The van der Waals surface area contributed by atoms with Crippen molar-refractivity contribution in [3.8, 4) is 12.1 Å². The smallest absolute Gasteiger partial charge is 0.337 e. The molecule has 1 rings (SSSR count). The lowest BCUT2D eigenvalue weighted by atomic mass is 10.9. The number of nitrogens with zero attached hydrogens (tertiary/aromatic N) is 3. The fourth-order valence-electron chi connectivity index (χ4n) is 0.754. The Kier molecular flexibility index (Phi) is 3.46. The Balaban J connectivity index is 2.69. The molecule has 1 aromatic heterocycles. The first-order valence-corrected chi connectivity index (χ1v) is 5.65. The minimum absolute atomic E-state index is 0.0483. The van der Waals surface area contributed by atoms with Crippen LogP contribution >= 0.6 is 0 Å². The van der Waals surface area contributed by atoms with Gasteiger partial charge in [0.1, 0.15) is 0 Å². The highest BCUT2D eigenvalue weighted by Gasteiger charge is 2.12. The van der Waals surface area contributed by atoms with Crippen molar-refractivity contribution >= 4 is 16.0 Å². The predicted octanol–water partition coefficient (Wildman–Crippen LogP) is -0.531. The molecule has 1 aromatic rings. The maximum absolute atomic E-state index is 11.1. The second-order valence-corrected chi connectivity index (χ2v) is 4.14. The van der Waals surface area contributed by atoms with E-state index in [0.29, 0.717) is 6.61 Å². The molecule has 1 heterocycles. The number of nitriles is 1. The van der Waals surface area contributed by atoms with Gasteiger partial charge in [-0.15, -0.1) is 5.10 Å². The van der Waals surface area contributed by atoms with E-state index in [-0.39, 0.29) is 12.0 Å². The molecule has 0 aliphatic heterocycles. The van der Waals surface area contributed by atoms with Crippen LogP contribution in [0, 0.1) is 11.3 Å². The number of sulfonamides is 1. The van der Waals surface area contributed by atoms with Crippen LogP contribution in [0.15, 0.2) is 0 Å². The van der Waals surface area contributed by atoms with E-state index in [0.717, 1.165) is 0 Å². The lowest BCUT2D eigenvalue weighted by Gasteiger charge is -1.98. The number of nitrogens with one attached hydrogen (secondary N) is 2. The van der Waals surface area contributed by atoms with Crippen LogP contribution in [0.25, 0.3) is 0 Å². The van der Waals surface area contributed by atoms with Gasteiger partial charge in [0.05, 0.1) is 12.7 Å². The molecule has 0 fully saturated rings. The summed E-state index contributed by atoms with van der Waals surface area (Å²) >= 11 is 0. The quantitative estimate of drug-likeness (QED) is 0.702. The van der Waals surface area contributed by atoms with Crippen molar-refractivity contribution in [2.24, 2.45) is 0 Å². The van der Waals surface area contributed by atoms with E-state index >= 15 is 0 Å². The highest BCUT2D eigenvalue weighted by Crippen LogP contribution is 2.06. The first-order chi connectivity index (χ1) is 7.07. The molecule has 0 atom stereocenters. The topological polar surface area (TPSA) is 121 Å². The Hall–Kier alpha value is -1.82. The largest absolute Gasteiger partial charge is 0.463 e. The molecule has 0 aliphatic carbocycles. The van der Waals surface area contributed by atoms with Crippen molar-refractivity contribution in [3.05, 3.63) is 0 Å². The monoisotopic (exact) mass is 231 g/mol. The van der Waals surface area contributed by atoms with Crippen molar-refractivity contribution in [1.29, 1.82) is 5.26 Å². The number of ether oxygens (including phenoxy) is 1. The van der Waals surface area contributed by atoms with E-state index in [9.17, 15) is 8.42 Å². The fourth-order valence-corrected chi connectivity index (χ4v) is 1.38. The molecule has 0 radical (unpaired) electrons. The molecule has 0 bridgehead atoms. The number of hydrogen-bond donors (Lipinski definition) is 2. The lowest BCUT2D eigenvalue weighted by molar-refractivity contribution is 0.314. The molecule has 0 aliphatic rings. The van der Waals surface area contributed by atoms with Gasteiger partial charge in [0.15, 0.2) is 5.75 Å². The van der Waals surface area contributed by atoms with Crippen LogP contribution in [0.1, 0.15) is 6.92 Å². The minimum Gasteiger partial charge on any atom is -0.463 e. The van der Waals surface area contributed by atoms with Crippen LogP contribution in [-0.4, -0.2) is 36.0 Å². The molecule has 0 amide bonds. The Morgan fingerprint density at radius 2 is 2.40 bits per heavy atom. The summed E-state index contributed by atoms with van der Waals surface area (Å²) in [6, 6.07) is 1.56. The van der Waals surface area contributed by atoms with Crippen molar-refractivity contribution < 1.29 is 13.2 Å². The molecule has 0 saturated carbocycles. The van der Waals surface area contributed by atoms with Crippen LogP contribution < -0.4 is 9.46 Å². The summed E-state index contributed by atoms with van der Waals surface area (Å²) in [6.07, 6.45) is 0. The third kappa shape index (κ3) is 3.43. The van der Waals surface area contributed by atoms with E-state index < -0.39 is 15.8 Å². The average molecular weight is 231 g/mol. The van der Waals surface area contributed by atoms with Gasteiger partial charge in [-0.05, 0) is 6.92 Å². The summed E-state index contributed by atoms with van der Waals surface area (Å²) in [4.78, 5) is 3.68. The molecule has 9 heteroatoms. The lowest BCUT2D eigenvalue weighted by Crippen LogP contribution is -2.16. The maximum atomic E-state index is 11.1. The van der Waals surface area contributed by atoms with Crippen LogP contribution in [-0.2, 0) is 10.0 Å². The van der Waals surface area contributed by atoms with Gasteiger partial charge in [-0.25, -0.2) is 13.5 Å². The van der Waals surface area contributed by atoms with Crippen molar-refractivity contribution in [3.63, 3.8) is 0 Å². The predicted molar refractivity (Wildman–Crippen MR) is 50.6 cm³/mol. The second-order valence-electron chi connectivity index (χ2n) is 2.42. The van der Waals surface area contributed by atoms with E-state index in [1.54, 1.807) is 6.92 Å². The van der Waals surface area contributed by atoms with Gasteiger partial charge < -0.3 is 4.74 Å². The van der Waals surface area contributed by atoms with Gasteiger partial charge in [0.25, 0.3) is 0 Å². The minimum atomic E-state index is -3.69. The molecular formula is C6H9N5O3S. The van der Waals surface area contributed by atoms with E-state index in [1.807, 2.05) is 4.72 Å². The number of hydrogen-bond acceptors (Lipinski definition) is 6. The summed E-state index contributed by atoms with van der Waals surface area (Å²) < 4.78 is 29.2. The van der Waals surface area contributed by atoms with Crippen LogP contribution in [0.2, 0.25) is 0 Å². The molecule has 0 unspecified atom stereocenters. The Morgan fingerprint density at radius 1 is 1.67 bits per heavy atom. The highest BCUT2D eigenvalue weighted by atomic mass is 32.2. The van der Waals surface area contributed by atoms with Crippen LogP contribution in [0.5, 0.6) is 6.01 Å². The number of aromatic nitrogens is 3. The molecule has 15 heavy (non-hydrogen) atoms. The summed E-state index contributed by atoms with van der Waals surface area (Å²) in [5.74, 6) is -0.716. The average Bonchev–Trinajstić information content (AvgIpc) is 2.52. The summed E-state index contributed by atoms with van der Waals surface area (Å²) in [5, 5.41) is 14.1. The maximum Gasteiger partial charge on any atom is 0.337 e. The highest BCUT2D eigenvalue weighted by molar-refractivity contribution is 7.92. The first kappa shape index (κ1) is 11.3. The van der Waals surface area contributed by atoms with Gasteiger partial charge in [-0.1, -0.05) is 0 Å². The molecule has 2 N–H and O–H groups in total. The standard InChI is InChI=1S/C6H9N5O3S/c1-2-14-6-8-5(9-10-6)11-15(12,13)4-3-7/h2,4H2,1H3,(H2,8,9,10,11). The Labute approximate surface area is 86.3 Å². The zero-order valence-electron chi connectivity index (χ0n) is 7.89. The first-order valence-electron chi connectivity index (χ1n) is 4.00. The van der Waals surface area contributed by atoms with E-state index in [1.165, 1.54) is 6.07 Å². The summed E-state index contributed by atoms with van der Waals surface area (Å²) in [7, 11) is -3.69. The summed E-state index contributed by atoms with van der Waals surface area (Å²) in [6.45, 7) is 2.12. The third-order valence-corrected chi connectivity index (χ3v) is 2.26. The van der Waals surface area contributed by atoms with Crippen LogP contribution in [0.3, 0.4) is 0 Å².